The average molecular weight is 244 g/mol. The molecule has 3 aliphatic rings. The Morgan fingerprint density at radius 1 is 0.765 bits per heavy atom. The van der Waals surface area contributed by atoms with Crippen LogP contribution in [-0.2, 0) is 23.7 Å². The summed E-state index contributed by atoms with van der Waals surface area (Å²) in [6.07, 6.45) is -0.198. The second kappa shape index (κ2) is 3.65. The van der Waals surface area contributed by atoms with Gasteiger partial charge in [0.15, 0.2) is 11.6 Å². The fourth-order valence-corrected chi connectivity index (χ4v) is 2.77. The van der Waals surface area contributed by atoms with E-state index in [1.165, 1.54) is 0 Å². The Morgan fingerprint density at radius 2 is 1.41 bits per heavy atom. The van der Waals surface area contributed by atoms with E-state index in [-0.39, 0.29) is 24.4 Å². The second-order valence-corrected chi connectivity index (χ2v) is 5.80. The van der Waals surface area contributed by atoms with Crippen LogP contribution < -0.4 is 0 Å². The lowest BCUT2D eigenvalue weighted by molar-refractivity contribution is -0.195. The summed E-state index contributed by atoms with van der Waals surface area (Å²) < 4.78 is 28.8. The Hall–Kier alpha value is -0.200. The van der Waals surface area contributed by atoms with Crippen molar-refractivity contribution in [2.75, 3.05) is 13.2 Å². The van der Waals surface area contributed by atoms with Crippen LogP contribution in [-0.4, -0.2) is 49.2 Å². The zero-order chi connectivity index (χ0) is 12.3. The van der Waals surface area contributed by atoms with Gasteiger partial charge in [-0.05, 0) is 27.7 Å². The summed E-state index contributed by atoms with van der Waals surface area (Å²) in [5.41, 5.74) is 0. The standard InChI is InChI=1S/C12H20O5/c1-11(2)14-6-8(15-11)9-10-7(5-13-9)16-12(3,4)17-10/h7-10H,5-6H2,1-4H3/t7-,8+,9+,10-/m0/s1. The van der Waals surface area contributed by atoms with Crippen LogP contribution in [0.2, 0.25) is 0 Å². The molecule has 3 aliphatic heterocycles. The van der Waals surface area contributed by atoms with Gasteiger partial charge in [-0.15, -0.1) is 0 Å². The van der Waals surface area contributed by atoms with Gasteiger partial charge in [0.2, 0.25) is 0 Å². The fraction of sp³-hybridized carbons (Fsp3) is 1.00. The summed E-state index contributed by atoms with van der Waals surface area (Å²) in [7, 11) is 0. The van der Waals surface area contributed by atoms with Crippen LogP contribution in [0.15, 0.2) is 0 Å². The van der Waals surface area contributed by atoms with Crippen LogP contribution in [0.1, 0.15) is 27.7 Å². The van der Waals surface area contributed by atoms with Crippen LogP contribution in [0.4, 0.5) is 0 Å². The van der Waals surface area contributed by atoms with E-state index in [1.807, 2.05) is 27.7 Å². The summed E-state index contributed by atoms with van der Waals surface area (Å²) in [5.74, 6) is -1.05. The van der Waals surface area contributed by atoms with E-state index in [9.17, 15) is 0 Å². The molecule has 0 spiro atoms. The molecular weight excluding hydrogens is 224 g/mol. The molecule has 0 aromatic carbocycles. The highest BCUT2D eigenvalue weighted by molar-refractivity contribution is 4.97. The highest BCUT2D eigenvalue weighted by Crippen LogP contribution is 2.39. The molecule has 0 radical (unpaired) electrons. The molecule has 0 unspecified atom stereocenters. The molecule has 3 heterocycles. The van der Waals surface area contributed by atoms with Gasteiger partial charge in [-0.3, -0.25) is 0 Å². The minimum atomic E-state index is -0.527. The Morgan fingerprint density at radius 3 is 2.06 bits per heavy atom. The molecule has 4 atom stereocenters. The van der Waals surface area contributed by atoms with Crippen molar-refractivity contribution in [1.29, 1.82) is 0 Å². The molecule has 5 nitrogen and oxygen atoms in total. The smallest absolute Gasteiger partial charge is 0.164 e. The summed E-state index contributed by atoms with van der Waals surface area (Å²) in [5, 5.41) is 0. The molecule has 17 heavy (non-hydrogen) atoms. The molecular formula is C12H20O5. The first-order chi connectivity index (χ1) is 7.86. The molecule has 3 saturated heterocycles. The van der Waals surface area contributed by atoms with E-state index in [2.05, 4.69) is 0 Å². The Bertz CT molecular complexity index is 314. The normalized spacial score (nSPS) is 47.3. The molecule has 0 amide bonds. The zero-order valence-corrected chi connectivity index (χ0v) is 10.8. The van der Waals surface area contributed by atoms with Crippen LogP contribution in [0.25, 0.3) is 0 Å². The first-order valence-electron chi connectivity index (χ1n) is 6.15. The van der Waals surface area contributed by atoms with Crippen LogP contribution in [0, 0.1) is 0 Å². The topological polar surface area (TPSA) is 46.2 Å². The average Bonchev–Trinajstić information content (AvgIpc) is 2.77. The van der Waals surface area contributed by atoms with Crippen molar-refractivity contribution in [2.45, 2.75) is 63.7 Å². The van der Waals surface area contributed by atoms with Gasteiger partial charge >= 0.3 is 0 Å². The molecule has 98 valence electrons. The van der Waals surface area contributed by atoms with Crippen LogP contribution in [0.3, 0.4) is 0 Å². The first-order valence-corrected chi connectivity index (χ1v) is 6.15. The lowest BCUT2D eigenvalue weighted by atomic mass is 10.1. The molecule has 3 rings (SSSR count). The summed E-state index contributed by atoms with van der Waals surface area (Å²) in [4.78, 5) is 0. The summed E-state index contributed by atoms with van der Waals surface area (Å²) in [6, 6.07) is 0. The van der Waals surface area contributed by atoms with Crippen molar-refractivity contribution < 1.29 is 23.7 Å². The highest BCUT2D eigenvalue weighted by atomic mass is 16.8. The third-order valence-electron chi connectivity index (χ3n) is 3.40. The maximum atomic E-state index is 5.88. The third kappa shape index (κ3) is 2.11. The van der Waals surface area contributed by atoms with Gasteiger partial charge in [-0.2, -0.15) is 0 Å². The van der Waals surface area contributed by atoms with Crippen molar-refractivity contribution in [3.8, 4) is 0 Å². The second-order valence-electron chi connectivity index (χ2n) is 5.80. The predicted molar refractivity (Wildman–Crippen MR) is 58.5 cm³/mol. The SMILES string of the molecule is CC1(C)O[C@@H]2[C@@H]([C@H]3COC(C)(C)O3)OC[C@@H]2O1. The van der Waals surface area contributed by atoms with Crippen molar-refractivity contribution in [3.05, 3.63) is 0 Å². The molecule has 0 aliphatic carbocycles. The molecule has 0 aromatic heterocycles. The van der Waals surface area contributed by atoms with Crippen molar-refractivity contribution >= 4 is 0 Å². The van der Waals surface area contributed by atoms with E-state index in [0.717, 1.165) is 0 Å². The molecule has 0 aromatic rings. The van der Waals surface area contributed by atoms with Gasteiger partial charge in [0.05, 0.1) is 13.2 Å². The van der Waals surface area contributed by atoms with E-state index >= 15 is 0 Å². The van der Waals surface area contributed by atoms with Gasteiger partial charge in [0.1, 0.15) is 24.4 Å². The highest BCUT2D eigenvalue weighted by Gasteiger charge is 2.54. The fourth-order valence-electron chi connectivity index (χ4n) is 2.77. The Balaban J connectivity index is 1.70. The molecule has 0 saturated carbocycles. The van der Waals surface area contributed by atoms with Crippen molar-refractivity contribution in [2.24, 2.45) is 0 Å². The Labute approximate surface area is 101 Å². The van der Waals surface area contributed by atoms with Crippen LogP contribution >= 0.6 is 0 Å². The van der Waals surface area contributed by atoms with E-state index in [4.69, 9.17) is 23.7 Å². The summed E-state index contributed by atoms with van der Waals surface area (Å²) >= 11 is 0. The van der Waals surface area contributed by atoms with Gasteiger partial charge in [-0.25, -0.2) is 0 Å². The van der Waals surface area contributed by atoms with Crippen molar-refractivity contribution in [3.63, 3.8) is 0 Å². The number of fused-ring (bicyclic) bond motifs is 1. The van der Waals surface area contributed by atoms with Gasteiger partial charge in [0, 0.05) is 0 Å². The number of rotatable bonds is 1. The molecule has 0 N–H and O–H groups in total. The largest absolute Gasteiger partial charge is 0.370 e. The number of ether oxygens (including phenoxy) is 5. The minimum Gasteiger partial charge on any atom is -0.370 e. The van der Waals surface area contributed by atoms with Gasteiger partial charge in [-0.1, -0.05) is 0 Å². The lowest BCUT2D eigenvalue weighted by Gasteiger charge is -2.25. The zero-order valence-electron chi connectivity index (χ0n) is 10.8. The molecule has 5 heteroatoms. The quantitative estimate of drug-likeness (QED) is 0.690. The summed E-state index contributed by atoms with van der Waals surface area (Å²) in [6.45, 7) is 8.80. The molecule has 0 bridgehead atoms. The number of hydrogen-bond donors (Lipinski definition) is 0. The Kier molecular flexibility index (Phi) is 2.55. The lowest BCUT2D eigenvalue weighted by Crippen LogP contribution is -2.40. The van der Waals surface area contributed by atoms with Gasteiger partial charge in [0.25, 0.3) is 0 Å². The van der Waals surface area contributed by atoms with E-state index in [1.54, 1.807) is 0 Å². The first kappa shape index (κ1) is 11.9. The predicted octanol–water partition coefficient (Wildman–Crippen LogP) is 1.06. The van der Waals surface area contributed by atoms with Crippen LogP contribution in [0.5, 0.6) is 0 Å². The van der Waals surface area contributed by atoms with E-state index < -0.39 is 11.6 Å². The maximum Gasteiger partial charge on any atom is 0.164 e. The van der Waals surface area contributed by atoms with E-state index in [0.29, 0.717) is 13.2 Å². The minimum absolute atomic E-state index is 0.0160. The van der Waals surface area contributed by atoms with Gasteiger partial charge < -0.3 is 23.7 Å². The number of hydrogen-bond acceptors (Lipinski definition) is 5. The maximum absolute atomic E-state index is 5.88. The third-order valence-corrected chi connectivity index (χ3v) is 3.40. The monoisotopic (exact) mass is 244 g/mol. The molecule has 3 fully saturated rings. The van der Waals surface area contributed by atoms with Crippen molar-refractivity contribution in [1.82, 2.24) is 0 Å².